The molecule has 3 aromatic rings. The fraction of sp³-hybridized carbons (Fsp3) is 0.111. The van der Waals surface area contributed by atoms with Crippen LogP contribution in [0.2, 0.25) is 0 Å². The van der Waals surface area contributed by atoms with Crippen molar-refractivity contribution in [1.29, 1.82) is 0 Å². The number of aromatic amines is 2. The van der Waals surface area contributed by atoms with Crippen molar-refractivity contribution in [2.75, 3.05) is 0 Å². The molecule has 0 atom stereocenters. The van der Waals surface area contributed by atoms with Gasteiger partial charge in [0, 0.05) is 29.4 Å². The van der Waals surface area contributed by atoms with Crippen molar-refractivity contribution in [2.24, 2.45) is 0 Å². The smallest absolute Gasteiger partial charge is 0.0625 e. The van der Waals surface area contributed by atoms with Gasteiger partial charge in [-0.25, -0.2) is 0 Å². The Labute approximate surface area is 128 Å². The first-order valence-electron chi connectivity index (χ1n) is 7.31. The summed E-state index contributed by atoms with van der Waals surface area (Å²) >= 11 is 0. The Balaban J connectivity index is 1.76. The zero-order valence-corrected chi connectivity index (χ0v) is 12.0. The molecule has 1 aromatic carbocycles. The van der Waals surface area contributed by atoms with E-state index in [0.717, 1.165) is 11.1 Å². The summed E-state index contributed by atoms with van der Waals surface area (Å²) in [5.41, 5.74) is 3.19. The summed E-state index contributed by atoms with van der Waals surface area (Å²) in [5, 5.41) is 14.0. The zero-order chi connectivity index (χ0) is 14.8. The van der Waals surface area contributed by atoms with E-state index in [-0.39, 0.29) is 5.41 Å². The first-order chi connectivity index (χ1) is 10.9. The lowest BCUT2D eigenvalue weighted by Crippen LogP contribution is -2.24. The first kappa shape index (κ1) is 12.8. The number of aromatic nitrogens is 4. The molecule has 2 aromatic heterocycles. The summed E-state index contributed by atoms with van der Waals surface area (Å²) in [5.74, 6) is 0.299. The van der Waals surface area contributed by atoms with Crippen LogP contribution in [-0.2, 0) is 5.41 Å². The molecule has 0 amide bonds. The Kier molecular flexibility index (Phi) is 3.00. The van der Waals surface area contributed by atoms with E-state index >= 15 is 0 Å². The molecule has 22 heavy (non-hydrogen) atoms. The lowest BCUT2D eigenvalue weighted by Gasteiger charge is -2.29. The molecule has 1 aliphatic carbocycles. The largest absolute Gasteiger partial charge is 0.285 e. The van der Waals surface area contributed by atoms with Crippen LogP contribution in [0.3, 0.4) is 0 Å². The van der Waals surface area contributed by atoms with Crippen molar-refractivity contribution in [3.05, 3.63) is 96.1 Å². The minimum absolute atomic E-state index is 0.299. The van der Waals surface area contributed by atoms with Crippen LogP contribution in [0.25, 0.3) is 0 Å². The molecule has 0 spiro atoms. The number of allylic oxidation sites excluding steroid dienone is 4. The number of H-pyrrole nitrogens is 2. The fourth-order valence-corrected chi connectivity index (χ4v) is 3.03. The van der Waals surface area contributed by atoms with Gasteiger partial charge in [0.2, 0.25) is 0 Å². The summed E-state index contributed by atoms with van der Waals surface area (Å²) in [4.78, 5) is 0. The highest BCUT2D eigenvalue weighted by atomic mass is 15.1. The molecule has 108 valence electrons. The van der Waals surface area contributed by atoms with Gasteiger partial charge in [-0.1, -0.05) is 54.6 Å². The lowest BCUT2D eigenvalue weighted by atomic mass is 9.72. The van der Waals surface area contributed by atoms with E-state index in [4.69, 9.17) is 0 Å². The molecule has 2 N–H and O–H groups in total. The molecule has 0 saturated carbocycles. The van der Waals surface area contributed by atoms with Gasteiger partial charge < -0.3 is 0 Å². The maximum Gasteiger partial charge on any atom is 0.0625 e. The monoisotopic (exact) mass is 288 g/mol. The molecular formula is C18H16N4. The van der Waals surface area contributed by atoms with E-state index in [1.54, 1.807) is 0 Å². The molecule has 4 heteroatoms. The number of hydrogen-bond acceptors (Lipinski definition) is 2. The second kappa shape index (κ2) is 5.15. The third-order valence-corrected chi connectivity index (χ3v) is 4.27. The molecule has 0 fully saturated rings. The molecule has 4 rings (SSSR count). The van der Waals surface area contributed by atoms with Crippen molar-refractivity contribution in [1.82, 2.24) is 20.4 Å². The molecule has 0 saturated heterocycles. The highest BCUT2D eigenvalue weighted by Gasteiger charge is 2.33. The van der Waals surface area contributed by atoms with E-state index in [0.29, 0.717) is 5.92 Å². The van der Waals surface area contributed by atoms with Crippen LogP contribution in [0.4, 0.5) is 0 Å². The fourth-order valence-electron chi connectivity index (χ4n) is 3.03. The Morgan fingerprint density at radius 1 is 0.818 bits per heavy atom. The Hall–Kier alpha value is -2.88. The summed E-state index contributed by atoms with van der Waals surface area (Å²) < 4.78 is 0. The molecule has 0 unspecified atom stereocenters. The van der Waals surface area contributed by atoms with E-state index in [1.165, 1.54) is 5.56 Å². The van der Waals surface area contributed by atoms with Crippen LogP contribution in [0.1, 0.15) is 22.6 Å². The van der Waals surface area contributed by atoms with Crippen LogP contribution < -0.4 is 0 Å². The number of nitrogens with zero attached hydrogens (tertiary/aromatic N) is 2. The van der Waals surface area contributed by atoms with Crippen molar-refractivity contribution >= 4 is 0 Å². The van der Waals surface area contributed by atoms with E-state index in [2.05, 4.69) is 69.0 Å². The predicted octanol–water partition coefficient (Wildman–Crippen LogP) is 3.33. The van der Waals surface area contributed by atoms with Gasteiger partial charge in [-0.05, 0) is 5.56 Å². The predicted molar refractivity (Wildman–Crippen MR) is 85.4 cm³/mol. The third-order valence-electron chi connectivity index (χ3n) is 4.27. The third kappa shape index (κ3) is 2.00. The standard InChI is InChI=1S/C18H16N4/c1-2-4-14(5-3-1)15-6-8-18(9-7-15,16-10-19-20-11-16)17-12-21-22-13-17/h1-13,15H,(H,19,20)(H,21,22). The summed E-state index contributed by atoms with van der Waals surface area (Å²) in [6.07, 6.45) is 16.6. The SMILES string of the molecule is C1=CC(c2cn[nH]c2)(c2cn[nH]c2)C=CC1c1ccccc1. The Morgan fingerprint density at radius 3 is 1.91 bits per heavy atom. The van der Waals surface area contributed by atoms with Gasteiger partial charge >= 0.3 is 0 Å². The van der Waals surface area contributed by atoms with E-state index in [1.807, 2.05) is 30.9 Å². The summed E-state index contributed by atoms with van der Waals surface area (Å²) in [6.45, 7) is 0. The average molecular weight is 288 g/mol. The van der Waals surface area contributed by atoms with Crippen LogP contribution in [-0.4, -0.2) is 20.4 Å². The van der Waals surface area contributed by atoms with Gasteiger partial charge in [0.1, 0.15) is 0 Å². The molecule has 1 aliphatic rings. The van der Waals surface area contributed by atoms with E-state index in [9.17, 15) is 0 Å². The highest BCUT2D eigenvalue weighted by molar-refractivity contribution is 5.50. The van der Waals surface area contributed by atoms with Crippen LogP contribution in [0, 0.1) is 0 Å². The number of benzene rings is 1. The van der Waals surface area contributed by atoms with Crippen molar-refractivity contribution in [3.63, 3.8) is 0 Å². The topological polar surface area (TPSA) is 57.4 Å². The number of hydrogen-bond donors (Lipinski definition) is 2. The van der Waals surface area contributed by atoms with E-state index < -0.39 is 0 Å². The second-order valence-electron chi connectivity index (χ2n) is 5.50. The minimum atomic E-state index is -0.314. The van der Waals surface area contributed by atoms with Crippen LogP contribution >= 0.6 is 0 Å². The Bertz CT molecular complexity index is 733. The van der Waals surface area contributed by atoms with Gasteiger partial charge in [-0.15, -0.1) is 0 Å². The normalized spacial score (nSPS) is 16.9. The number of rotatable bonds is 3. The lowest BCUT2D eigenvalue weighted by molar-refractivity contribution is 0.783. The molecule has 4 nitrogen and oxygen atoms in total. The minimum Gasteiger partial charge on any atom is -0.285 e. The molecular weight excluding hydrogens is 272 g/mol. The Morgan fingerprint density at radius 2 is 1.41 bits per heavy atom. The van der Waals surface area contributed by atoms with Crippen LogP contribution in [0.15, 0.2) is 79.4 Å². The van der Waals surface area contributed by atoms with Crippen molar-refractivity contribution in [2.45, 2.75) is 11.3 Å². The second-order valence-corrected chi connectivity index (χ2v) is 5.50. The molecule has 0 radical (unpaired) electrons. The van der Waals surface area contributed by atoms with Gasteiger partial charge in [0.25, 0.3) is 0 Å². The van der Waals surface area contributed by atoms with Crippen molar-refractivity contribution in [3.8, 4) is 0 Å². The molecule has 0 bridgehead atoms. The van der Waals surface area contributed by atoms with Gasteiger partial charge in [0.05, 0.1) is 17.8 Å². The quantitative estimate of drug-likeness (QED) is 0.726. The average Bonchev–Trinajstić information content (AvgIpc) is 3.30. The maximum atomic E-state index is 4.11. The first-order valence-corrected chi connectivity index (χ1v) is 7.31. The summed E-state index contributed by atoms with van der Waals surface area (Å²) in [7, 11) is 0. The van der Waals surface area contributed by atoms with Gasteiger partial charge in [0.15, 0.2) is 0 Å². The highest BCUT2D eigenvalue weighted by Crippen LogP contribution is 2.39. The number of nitrogens with one attached hydrogen (secondary N) is 2. The molecule has 0 aliphatic heterocycles. The van der Waals surface area contributed by atoms with Crippen molar-refractivity contribution < 1.29 is 0 Å². The van der Waals surface area contributed by atoms with Gasteiger partial charge in [-0.2, -0.15) is 10.2 Å². The van der Waals surface area contributed by atoms with Crippen LogP contribution in [0.5, 0.6) is 0 Å². The summed E-state index contributed by atoms with van der Waals surface area (Å²) in [6, 6.07) is 10.5. The molecule has 2 heterocycles. The van der Waals surface area contributed by atoms with Gasteiger partial charge in [-0.3, -0.25) is 10.2 Å². The maximum absolute atomic E-state index is 4.11. The zero-order valence-electron chi connectivity index (χ0n) is 12.0.